The summed E-state index contributed by atoms with van der Waals surface area (Å²) in [4.78, 5) is 0. The SMILES string of the molecule is CNCCCc1ccc(F)c(Cl)c1. The summed E-state index contributed by atoms with van der Waals surface area (Å²) >= 11 is 5.64. The zero-order valence-corrected chi connectivity index (χ0v) is 8.37. The highest BCUT2D eigenvalue weighted by Gasteiger charge is 1.99. The van der Waals surface area contributed by atoms with Gasteiger partial charge in [-0.3, -0.25) is 0 Å². The van der Waals surface area contributed by atoms with Crippen LogP contribution in [0, 0.1) is 5.82 Å². The van der Waals surface area contributed by atoms with Crippen LogP contribution in [0.2, 0.25) is 5.02 Å². The van der Waals surface area contributed by atoms with Gasteiger partial charge in [-0.25, -0.2) is 4.39 Å². The van der Waals surface area contributed by atoms with E-state index in [9.17, 15) is 4.39 Å². The zero-order valence-electron chi connectivity index (χ0n) is 7.61. The molecule has 1 nitrogen and oxygen atoms in total. The first-order valence-corrected chi connectivity index (χ1v) is 4.70. The fraction of sp³-hybridized carbons (Fsp3) is 0.400. The molecule has 0 heterocycles. The molecule has 13 heavy (non-hydrogen) atoms. The summed E-state index contributed by atoms with van der Waals surface area (Å²) in [5, 5.41) is 3.27. The standard InChI is InChI=1S/C10H13ClFN/c1-13-6-2-3-8-4-5-10(12)9(11)7-8/h4-5,7,13H,2-3,6H2,1H3. The highest BCUT2D eigenvalue weighted by Crippen LogP contribution is 2.16. The lowest BCUT2D eigenvalue weighted by molar-refractivity contribution is 0.626. The summed E-state index contributed by atoms with van der Waals surface area (Å²) < 4.78 is 12.7. The molecular weight excluding hydrogens is 189 g/mol. The van der Waals surface area contributed by atoms with Gasteiger partial charge >= 0.3 is 0 Å². The van der Waals surface area contributed by atoms with E-state index < -0.39 is 0 Å². The Morgan fingerprint density at radius 3 is 2.85 bits per heavy atom. The van der Waals surface area contributed by atoms with E-state index in [1.165, 1.54) is 6.07 Å². The molecule has 0 spiro atoms. The van der Waals surface area contributed by atoms with Crippen LogP contribution in [0.15, 0.2) is 18.2 Å². The predicted octanol–water partition coefficient (Wildman–Crippen LogP) is 2.63. The van der Waals surface area contributed by atoms with Crippen LogP contribution < -0.4 is 5.32 Å². The highest BCUT2D eigenvalue weighted by molar-refractivity contribution is 6.30. The van der Waals surface area contributed by atoms with Crippen LogP contribution in [0.5, 0.6) is 0 Å². The molecule has 1 aromatic carbocycles. The Labute approximate surface area is 82.9 Å². The van der Waals surface area contributed by atoms with Crippen molar-refractivity contribution < 1.29 is 4.39 Å². The number of hydrogen-bond acceptors (Lipinski definition) is 1. The van der Waals surface area contributed by atoms with Crippen molar-refractivity contribution >= 4 is 11.6 Å². The average Bonchev–Trinajstić information content (AvgIpc) is 2.12. The maximum atomic E-state index is 12.7. The van der Waals surface area contributed by atoms with Gasteiger partial charge in [0, 0.05) is 0 Å². The Morgan fingerprint density at radius 1 is 1.46 bits per heavy atom. The minimum absolute atomic E-state index is 0.210. The van der Waals surface area contributed by atoms with Crippen molar-refractivity contribution in [2.24, 2.45) is 0 Å². The molecule has 0 aliphatic carbocycles. The molecule has 1 aromatic rings. The van der Waals surface area contributed by atoms with Gasteiger partial charge in [0.15, 0.2) is 0 Å². The van der Waals surface area contributed by atoms with Crippen LogP contribution in [0.1, 0.15) is 12.0 Å². The number of hydrogen-bond donors (Lipinski definition) is 1. The second kappa shape index (κ2) is 5.20. The molecule has 1 N–H and O–H groups in total. The summed E-state index contributed by atoms with van der Waals surface area (Å²) in [6.07, 6.45) is 1.97. The monoisotopic (exact) mass is 201 g/mol. The molecule has 0 saturated carbocycles. The van der Waals surface area contributed by atoms with Gasteiger partial charge in [-0.05, 0) is 44.1 Å². The van der Waals surface area contributed by atoms with Crippen molar-refractivity contribution in [3.8, 4) is 0 Å². The highest BCUT2D eigenvalue weighted by atomic mass is 35.5. The third kappa shape index (κ3) is 3.33. The minimum atomic E-state index is -0.348. The van der Waals surface area contributed by atoms with Crippen molar-refractivity contribution in [1.82, 2.24) is 5.32 Å². The summed E-state index contributed by atoms with van der Waals surface area (Å²) in [6, 6.07) is 4.88. The summed E-state index contributed by atoms with van der Waals surface area (Å²) in [5.41, 5.74) is 1.08. The van der Waals surface area contributed by atoms with E-state index in [2.05, 4.69) is 5.32 Å². The molecule has 0 amide bonds. The summed E-state index contributed by atoms with van der Waals surface area (Å²) in [6.45, 7) is 0.967. The number of nitrogens with one attached hydrogen (secondary N) is 1. The van der Waals surface area contributed by atoms with Gasteiger partial charge in [-0.1, -0.05) is 17.7 Å². The molecule has 3 heteroatoms. The summed E-state index contributed by atoms with van der Waals surface area (Å²) in [5.74, 6) is -0.348. The first-order chi connectivity index (χ1) is 6.24. The predicted molar refractivity (Wildman–Crippen MR) is 53.7 cm³/mol. The molecule has 72 valence electrons. The number of benzene rings is 1. The maximum Gasteiger partial charge on any atom is 0.141 e. The first kappa shape index (κ1) is 10.5. The number of rotatable bonds is 4. The fourth-order valence-electron chi connectivity index (χ4n) is 1.16. The van der Waals surface area contributed by atoms with E-state index in [4.69, 9.17) is 11.6 Å². The number of halogens is 2. The molecule has 0 bridgehead atoms. The Balaban J connectivity index is 2.53. The van der Waals surface area contributed by atoms with Gasteiger partial charge in [0.2, 0.25) is 0 Å². The molecule has 0 fully saturated rings. The van der Waals surface area contributed by atoms with E-state index in [1.54, 1.807) is 12.1 Å². The Bertz CT molecular complexity index is 276. The van der Waals surface area contributed by atoms with Crippen LogP contribution in [0.3, 0.4) is 0 Å². The second-order valence-electron chi connectivity index (χ2n) is 2.96. The smallest absolute Gasteiger partial charge is 0.141 e. The van der Waals surface area contributed by atoms with Gasteiger partial charge in [0.25, 0.3) is 0 Å². The second-order valence-corrected chi connectivity index (χ2v) is 3.36. The lowest BCUT2D eigenvalue weighted by Crippen LogP contribution is -2.08. The Hall–Kier alpha value is -0.600. The molecule has 0 saturated heterocycles. The van der Waals surface area contributed by atoms with Crippen LogP contribution in [-0.4, -0.2) is 13.6 Å². The molecule has 1 rings (SSSR count). The largest absolute Gasteiger partial charge is 0.320 e. The Kier molecular flexibility index (Phi) is 4.19. The molecule has 0 aliphatic rings. The normalized spacial score (nSPS) is 10.4. The first-order valence-electron chi connectivity index (χ1n) is 4.32. The van der Waals surface area contributed by atoms with Gasteiger partial charge in [-0.15, -0.1) is 0 Å². The van der Waals surface area contributed by atoms with E-state index in [0.717, 1.165) is 24.9 Å². The average molecular weight is 202 g/mol. The number of aryl methyl sites for hydroxylation is 1. The van der Waals surface area contributed by atoms with E-state index in [0.29, 0.717) is 0 Å². The molecule has 0 aromatic heterocycles. The maximum absolute atomic E-state index is 12.7. The van der Waals surface area contributed by atoms with Crippen molar-refractivity contribution in [1.29, 1.82) is 0 Å². The van der Waals surface area contributed by atoms with Gasteiger partial charge < -0.3 is 5.32 Å². The molecule has 0 atom stereocenters. The minimum Gasteiger partial charge on any atom is -0.320 e. The zero-order chi connectivity index (χ0) is 9.68. The van der Waals surface area contributed by atoms with E-state index >= 15 is 0 Å². The van der Waals surface area contributed by atoms with Crippen molar-refractivity contribution in [2.45, 2.75) is 12.8 Å². The molecule has 0 unspecified atom stereocenters. The lowest BCUT2D eigenvalue weighted by Gasteiger charge is -2.02. The van der Waals surface area contributed by atoms with Crippen molar-refractivity contribution in [3.63, 3.8) is 0 Å². The molecule has 0 radical (unpaired) electrons. The van der Waals surface area contributed by atoms with Gasteiger partial charge in [-0.2, -0.15) is 0 Å². The lowest BCUT2D eigenvalue weighted by atomic mass is 10.1. The van der Waals surface area contributed by atoms with Gasteiger partial charge in [0.1, 0.15) is 5.82 Å². The van der Waals surface area contributed by atoms with Gasteiger partial charge in [0.05, 0.1) is 5.02 Å². The fourth-order valence-corrected chi connectivity index (χ4v) is 1.37. The van der Waals surface area contributed by atoms with Crippen molar-refractivity contribution in [2.75, 3.05) is 13.6 Å². The van der Waals surface area contributed by atoms with Crippen LogP contribution >= 0.6 is 11.6 Å². The van der Waals surface area contributed by atoms with E-state index in [-0.39, 0.29) is 10.8 Å². The topological polar surface area (TPSA) is 12.0 Å². The van der Waals surface area contributed by atoms with Crippen LogP contribution in [0.25, 0.3) is 0 Å². The molecular formula is C10H13ClFN. The Morgan fingerprint density at radius 2 is 2.23 bits per heavy atom. The third-order valence-electron chi connectivity index (χ3n) is 1.88. The summed E-state index contributed by atoms with van der Waals surface area (Å²) in [7, 11) is 1.91. The van der Waals surface area contributed by atoms with Crippen LogP contribution in [-0.2, 0) is 6.42 Å². The molecule has 0 aliphatic heterocycles. The quantitative estimate of drug-likeness (QED) is 0.739. The van der Waals surface area contributed by atoms with E-state index in [1.807, 2.05) is 7.05 Å². The van der Waals surface area contributed by atoms with Crippen LogP contribution in [0.4, 0.5) is 4.39 Å². The van der Waals surface area contributed by atoms with Crippen molar-refractivity contribution in [3.05, 3.63) is 34.6 Å². The third-order valence-corrected chi connectivity index (χ3v) is 2.17.